The normalized spacial score (nSPS) is 20.7. The van der Waals surface area contributed by atoms with Gasteiger partial charge in [-0.05, 0) is 44.0 Å². The molecule has 0 aromatic heterocycles. The molecule has 2 aliphatic rings. The maximum absolute atomic E-state index is 12.3. The predicted molar refractivity (Wildman–Crippen MR) is 100 cm³/mol. The Kier molecular flexibility index (Phi) is 6.99. The second-order valence-electron chi connectivity index (χ2n) is 6.77. The van der Waals surface area contributed by atoms with Crippen LogP contribution >= 0.6 is 0 Å². The molecule has 0 radical (unpaired) electrons. The topological polar surface area (TPSA) is 82.7 Å². The quantitative estimate of drug-likeness (QED) is 0.628. The third-order valence-electron chi connectivity index (χ3n) is 4.76. The highest BCUT2D eigenvalue weighted by atomic mass is 16.5. The molecule has 7 nitrogen and oxygen atoms in total. The van der Waals surface area contributed by atoms with Crippen LogP contribution in [0, 0.1) is 0 Å². The van der Waals surface area contributed by atoms with Crippen molar-refractivity contribution in [1.29, 1.82) is 0 Å². The average molecular weight is 360 g/mol. The molecule has 0 saturated carbocycles. The van der Waals surface area contributed by atoms with E-state index in [1.807, 2.05) is 0 Å². The first-order chi connectivity index (χ1) is 12.7. The second-order valence-corrected chi connectivity index (χ2v) is 6.77. The summed E-state index contributed by atoms with van der Waals surface area (Å²) >= 11 is 0. The lowest BCUT2D eigenvalue weighted by Crippen LogP contribution is -2.44. The summed E-state index contributed by atoms with van der Waals surface area (Å²) in [5.74, 6) is -0.255. The van der Waals surface area contributed by atoms with Crippen LogP contribution in [0.15, 0.2) is 24.3 Å². The van der Waals surface area contributed by atoms with E-state index in [0.29, 0.717) is 24.4 Å². The van der Waals surface area contributed by atoms with Gasteiger partial charge >= 0.3 is 0 Å². The SMILES string of the molecule is O=C(NCCCN1CCNCC1)c1cccc(NC(=O)C2CCCO2)c1. The highest BCUT2D eigenvalue weighted by molar-refractivity contribution is 5.98. The van der Waals surface area contributed by atoms with Gasteiger partial charge in [-0.1, -0.05) is 6.07 Å². The van der Waals surface area contributed by atoms with Crippen LogP contribution in [0.2, 0.25) is 0 Å². The van der Waals surface area contributed by atoms with Crippen LogP contribution in [0.25, 0.3) is 0 Å². The summed E-state index contributed by atoms with van der Waals surface area (Å²) < 4.78 is 5.38. The molecule has 26 heavy (non-hydrogen) atoms. The molecule has 2 fully saturated rings. The molecule has 3 rings (SSSR count). The van der Waals surface area contributed by atoms with Gasteiger partial charge in [-0.25, -0.2) is 0 Å². The lowest BCUT2D eigenvalue weighted by molar-refractivity contribution is -0.124. The Labute approximate surface area is 154 Å². The second kappa shape index (κ2) is 9.66. The van der Waals surface area contributed by atoms with Crippen LogP contribution < -0.4 is 16.0 Å². The first kappa shape index (κ1) is 18.8. The molecule has 1 aromatic rings. The molecule has 7 heteroatoms. The number of piperazine rings is 1. The number of nitrogens with one attached hydrogen (secondary N) is 3. The van der Waals surface area contributed by atoms with Crippen molar-refractivity contribution in [3.63, 3.8) is 0 Å². The van der Waals surface area contributed by atoms with Crippen molar-refractivity contribution in [3.8, 4) is 0 Å². The number of benzene rings is 1. The van der Waals surface area contributed by atoms with Crippen molar-refractivity contribution < 1.29 is 14.3 Å². The van der Waals surface area contributed by atoms with E-state index in [2.05, 4.69) is 20.9 Å². The fourth-order valence-corrected chi connectivity index (χ4v) is 3.29. The smallest absolute Gasteiger partial charge is 0.253 e. The predicted octanol–water partition coefficient (Wildman–Crippen LogP) is 0.829. The Morgan fingerprint density at radius 3 is 2.88 bits per heavy atom. The van der Waals surface area contributed by atoms with Crippen molar-refractivity contribution in [2.24, 2.45) is 0 Å². The van der Waals surface area contributed by atoms with E-state index < -0.39 is 0 Å². The summed E-state index contributed by atoms with van der Waals surface area (Å²) in [6.07, 6.45) is 2.21. The molecule has 2 saturated heterocycles. The van der Waals surface area contributed by atoms with Crippen LogP contribution in [0.1, 0.15) is 29.6 Å². The molecule has 1 aromatic carbocycles. The first-order valence-corrected chi connectivity index (χ1v) is 9.46. The third kappa shape index (κ3) is 5.52. The van der Waals surface area contributed by atoms with Gasteiger partial charge in [0.1, 0.15) is 6.10 Å². The maximum Gasteiger partial charge on any atom is 0.253 e. The van der Waals surface area contributed by atoms with Crippen molar-refractivity contribution in [1.82, 2.24) is 15.5 Å². The van der Waals surface area contributed by atoms with Gasteiger partial charge in [-0.15, -0.1) is 0 Å². The number of amides is 2. The minimum Gasteiger partial charge on any atom is -0.368 e. The van der Waals surface area contributed by atoms with Gasteiger partial charge in [0, 0.05) is 50.6 Å². The molecule has 2 heterocycles. The average Bonchev–Trinajstić information content (AvgIpc) is 3.21. The fraction of sp³-hybridized carbons (Fsp3) is 0.579. The number of hydrogen-bond donors (Lipinski definition) is 3. The molecular formula is C19H28N4O3. The van der Waals surface area contributed by atoms with Gasteiger partial charge in [0.2, 0.25) is 0 Å². The minimum atomic E-state index is -0.377. The molecule has 3 N–H and O–H groups in total. The minimum absolute atomic E-state index is 0.112. The van der Waals surface area contributed by atoms with Crippen molar-refractivity contribution in [2.45, 2.75) is 25.4 Å². The largest absolute Gasteiger partial charge is 0.368 e. The van der Waals surface area contributed by atoms with E-state index in [-0.39, 0.29) is 17.9 Å². The number of anilines is 1. The molecule has 1 unspecified atom stereocenters. The van der Waals surface area contributed by atoms with E-state index in [0.717, 1.165) is 52.0 Å². The number of carbonyl (C=O) groups excluding carboxylic acids is 2. The molecule has 142 valence electrons. The Morgan fingerprint density at radius 2 is 2.12 bits per heavy atom. The fourth-order valence-electron chi connectivity index (χ4n) is 3.29. The summed E-state index contributed by atoms with van der Waals surface area (Å²) in [5.41, 5.74) is 1.18. The van der Waals surface area contributed by atoms with Gasteiger partial charge in [0.15, 0.2) is 0 Å². The lowest BCUT2D eigenvalue weighted by Gasteiger charge is -2.27. The standard InChI is InChI=1S/C19H28N4O3/c24-18(21-7-3-10-23-11-8-20-9-12-23)15-4-1-5-16(14-15)22-19(25)17-6-2-13-26-17/h1,4-5,14,17,20H,2-3,6-13H2,(H,21,24)(H,22,25). The van der Waals surface area contributed by atoms with Crippen LogP contribution in [-0.4, -0.2) is 68.7 Å². The zero-order valence-electron chi connectivity index (χ0n) is 15.1. The van der Waals surface area contributed by atoms with Crippen molar-refractivity contribution in [2.75, 3.05) is 51.2 Å². The molecule has 1 atom stereocenters. The summed E-state index contributed by atoms with van der Waals surface area (Å²) in [7, 11) is 0. The van der Waals surface area contributed by atoms with Gasteiger partial charge in [-0.2, -0.15) is 0 Å². The number of carbonyl (C=O) groups is 2. The van der Waals surface area contributed by atoms with E-state index in [1.54, 1.807) is 24.3 Å². The van der Waals surface area contributed by atoms with Gasteiger partial charge in [-0.3, -0.25) is 9.59 Å². The molecule has 0 aliphatic carbocycles. The Bertz CT molecular complexity index is 611. The van der Waals surface area contributed by atoms with Gasteiger partial charge in [0.25, 0.3) is 11.8 Å². The molecule has 0 bridgehead atoms. The number of rotatable bonds is 7. The third-order valence-corrected chi connectivity index (χ3v) is 4.76. The summed E-state index contributed by atoms with van der Waals surface area (Å²) in [4.78, 5) is 26.8. The van der Waals surface area contributed by atoms with E-state index in [4.69, 9.17) is 4.74 Å². The van der Waals surface area contributed by atoms with Crippen LogP contribution in [0.4, 0.5) is 5.69 Å². The molecular weight excluding hydrogens is 332 g/mol. The van der Waals surface area contributed by atoms with Crippen molar-refractivity contribution in [3.05, 3.63) is 29.8 Å². The molecule has 2 amide bonds. The number of hydrogen-bond acceptors (Lipinski definition) is 5. The number of nitrogens with zero attached hydrogens (tertiary/aromatic N) is 1. The van der Waals surface area contributed by atoms with Crippen LogP contribution in [0.5, 0.6) is 0 Å². The summed E-state index contributed by atoms with van der Waals surface area (Å²) in [6.45, 7) is 6.50. The first-order valence-electron chi connectivity index (χ1n) is 9.46. The van der Waals surface area contributed by atoms with E-state index in [9.17, 15) is 9.59 Å². The zero-order valence-corrected chi connectivity index (χ0v) is 15.1. The van der Waals surface area contributed by atoms with Crippen molar-refractivity contribution >= 4 is 17.5 Å². The Balaban J connectivity index is 1.42. The van der Waals surface area contributed by atoms with Crippen LogP contribution in [-0.2, 0) is 9.53 Å². The monoisotopic (exact) mass is 360 g/mol. The van der Waals surface area contributed by atoms with E-state index >= 15 is 0 Å². The highest BCUT2D eigenvalue weighted by Gasteiger charge is 2.23. The number of ether oxygens (including phenoxy) is 1. The molecule has 0 spiro atoms. The summed E-state index contributed by atoms with van der Waals surface area (Å²) in [6, 6.07) is 7.03. The van der Waals surface area contributed by atoms with Gasteiger partial charge in [0.05, 0.1) is 0 Å². The Hall–Kier alpha value is -1.96. The Morgan fingerprint density at radius 1 is 1.27 bits per heavy atom. The lowest BCUT2D eigenvalue weighted by atomic mass is 10.1. The summed E-state index contributed by atoms with van der Waals surface area (Å²) in [5, 5.41) is 9.12. The van der Waals surface area contributed by atoms with E-state index in [1.165, 1.54) is 0 Å². The molecule has 2 aliphatic heterocycles. The van der Waals surface area contributed by atoms with Gasteiger partial charge < -0.3 is 25.6 Å². The van der Waals surface area contributed by atoms with Crippen LogP contribution in [0.3, 0.4) is 0 Å². The highest BCUT2D eigenvalue weighted by Crippen LogP contribution is 2.16. The maximum atomic E-state index is 12.3. The zero-order chi connectivity index (χ0) is 18.2.